The van der Waals surface area contributed by atoms with Gasteiger partial charge in [0.1, 0.15) is 5.82 Å². The van der Waals surface area contributed by atoms with Gasteiger partial charge >= 0.3 is 0 Å². The first-order valence-electron chi connectivity index (χ1n) is 5.34. The highest BCUT2D eigenvalue weighted by Crippen LogP contribution is 2.27. The molecule has 0 unspecified atom stereocenters. The molecule has 1 aromatic carbocycles. The molecule has 17 heavy (non-hydrogen) atoms. The van der Waals surface area contributed by atoms with Crippen molar-refractivity contribution in [3.8, 4) is 11.4 Å². The van der Waals surface area contributed by atoms with Crippen LogP contribution in [-0.4, -0.2) is 21.3 Å². The van der Waals surface area contributed by atoms with Crippen molar-refractivity contribution in [1.82, 2.24) is 20.1 Å². The Hall–Kier alpha value is -1.46. The average Bonchev–Trinajstić information content (AvgIpc) is 2.77. The fourth-order valence-electron chi connectivity index (χ4n) is 1.97. The average molecular weight is 253 g/mol. The molecule has 1 N–H and O–H groups in total. The molecule has 0 saturated heterocycles. The molecule has 88 valence electrons. The summed E-state index contributed by atoms with van der Waals surface area (Å²) in [5.41, 5.74) is 0.401. The molecule has 0 fully saturated rings. The lowest BCUT2D eigenvalue weighted by molar-refractivity contribution is 0.507. The van der Waals surface area contributed by atoms with Crippen LogP contribution in [0.15, 0.2) is 18.2 Å². The number of aromatic nitrogens is 3. The topological polar surface area (TPSA) is 42.7 Å². The van der Waals surface area contributed by atoms with E-state index in [4.69, 9.17) is 11.6 Å². The molecule has 0 amide bonds. The molecule has 0 saturated carbocycles. The van der Waals surface area contributed by atoms with Crippen LogP contribution in [0.1, 0.15) is 5.82 Å². The van der Waals surface area contributed by atoms with Crippen molar-refractivity contribution in [2.75, 3.05) is 6.54 Å². The van der Waals surface area contributed by atoms with Gasteiger partial charge in [-0.3, -0.25) is 0 Å². The molecular formula is C11H10ClFN4. The Morgan fingerprint density at radius 3 is 3.12 bits per heavy atom. The van der Waals surface area contributed by atoms with Gasteiger partial charge in [0.2, 0.25) is 0 Å². The Kier molecular flexibility index (Phi) is 2.57. The number of hydrogen-bond donors (Lipinski definition) is 1. The molecule has 1 aromatic heterocycles. The Morgan fingerprint density at radius 2 is 2.24 bits per heavy atom. The Balaban J connectivity index is 2.15. The van der Waals surface area contributed by atoms with Gasteiger partial charge < -0.3 is 9.88 Å². The summed E-state index contributed by atoms with van der Waals surface area (Å²) >= 11 is 5.77. The zero-order valence-electron chi connectivity index (χ0n) is 8.95. The fourth-order valence-corrected chi connectivity index (χ4v) is 2.14. The minimum Gasteiger partial charge on any atom is -0.309 e. The largest absolute Gasteiger partial charge is 0.309 e. The van der Waals surface area contributed by atoms with Crippen molar-refractivity contribution in [3.05, 3.63) is 34.9 Å². The summed E-state index contributed by atoms with van der Waals surface area (Å²) in [5.74, 6) is 0.926. The van der Waals surface area contributed by atoms with Crippen molar-refractivity contribution < 1.29 is 4.39 Å². The lowest BCUT2D eigenvalue weighted by Crippen LogP contribution is -2.28. The Bertz CT molecular complexity index is 567. The van der Waals surface area contributed by atoms with E-state index < -0.39 is 5.82 Å². The van der Waals surface area contributed by atoms with Crippen LogP contribution in [0.25, 0.3) is 11.4 Å². The maximum atomic E-state index is 13.9. The van der Waals surface area contributed by atoms with Gasteiger partial charge in [-0.1, -0.05) is 17.7 Å². The summed E-state index contributed by atoms with van der Waals surface area (Å²) < 4.78 is 15.8. The van der Waals surface area contributed by atoms with E-state index >= 15 is 0 Å². The van der Waals surface area contributed by atoms with Crippen LogP contribution in [0, 0.1) is 5.82 Å². The third-order valence-electron chi connectivity index (χ3n) is 2.82. The van der Waals surface area contributed by atoms with Crippen molar-refractivity contribution in [2.45, 2.75) is 13.1 Å². The van der Waals surface area contributed by atoms with E-state index in [-0.39, 0.29) is 5.02 Å². The van der Waals surface area contributed by atoms with Gasteiger partial charge in [-0.05, 0) is 12.1 Å². The minimum atomic E-state index is -0.442. The monoisotopic (exact) mass is 252 g/mol. The van der Waals surface area contributed by atoms with Crippen molar-refractivity contribution in [2.24, 2.45) is 0 Å². The maximum absolute atomic E-state index is 13.9. The number of hydrogen-bond acceptors (Lipinski definition) is 3. The number of nitrogens with zero attached hydrogens (tertiary/aromatic N) is 3. The van der Waals surface area contributed by atoms with E-state index in [2.05, 4.69) is 15.5 Å². The van der Waals surface area contributed by atoms with E-state index in [0.29, 0.717) is 17.9 Å². The van der Waals surface area contributed by atoms with Crippen LogP contribution in [0.2, 0.25) is 5.02 Å². The molecule has 3 rings (SSSR count). The second kappa shape index (κ2) is 4.09. The summed E-state index contributed by atoms with van der Waals surface area (Å²) in [6.07, 6.45) is 0. The van der Waals surface area contributed by atoms with Crippen LogP contribution >= 0.6 is 11.6 Å². The number of nitrogens with one attached hydrogen (secondary N) is 1. The Morgan fingerprint density at radius 1 is 1.35 bits per heavy atom. The number of rotatable bonds is 1. The Labute approximate surface area is 102 Å². The quantitative estimate of drug-likeness (QED) is 0.842. The third-order valence-corrected chi connectivity index (χ3v) is 3.11. The molecule has 2 aromatic rings. The summed E-state index contributed by atoms with van der Waals surface area (Å²) in [6, 6.07) is 4.90. The molecular weight excluding hydrogens is 243 g/mol. The second-order valence-corrected chi connectivity index (χ2v) is 4.28. The zero-order valence-corrected chi connectivity index (χ0v) is 9.71. The van der Waals surface area contributed by atoms with Gasteiger partial charge in [-0.25, -0.2) is 4.39 Å². The highest BCUT2D eigenvalue weighted by atomic mass is 35.5. The van der Waals surface area contributed by atoms with E-state index in [1.165, 1.54) is 6.07 Å². The molecule has 0 aliphatic carbocycles. The highest BCUT2D eigenvalue weighted by Gasteiger charge is 2.19. The summed E-state index contributed by atoms with van der Waals surface area (Å²) in [6.45, 7) is 2.24. The minimum absolute atomic E-state index is 0.105. The predicted molar refractivity (Wildman–Crippen MR) is 62.1 cm³/mol. The van der Waals surface area contributed by atoms with Gasteiger partial charge in [0, 0.05) is 13.1 Å². The molecule has 0 spiro atoms. The normalized spacial score (nSPS) is 14.7. The van der Waals surface area contributed by atoms with Gasteiger partial charge in [0.25, 0.3) is 0 Å². The molecule has 0 atom stereocenters. The third kappa shape index (κ3) is 1.71. The fraction of sp³-hybridized carbons (Fsp3) is 0.273. The molecule has 2 heterocycles. The van der Waals surface area contributed by atoms with Crippen LogP contribution in [-0.2, 0) is 13.1 Å². The highest BCUT2D eigenvalue weighted by molar-refractivity contribution is 6.31. The van der Waals surface area contributed by atoms with Crippen molar-refractivity contribution in [1.29, 1.82) is 0 Å². The summed E-state index contributed by atoms with van der Waals surface area (Å²) in [5, 5.41) is 11.4. The van der Waals surface area contributed by atoms with Gasteiger partial charge in [0.05, 0.1) is 17.1 Å². The van der Waals surface area contributed by atoms with Crippen LogP contribution in [0.4, 0.5) is 4.39 Å². The number of fused-ring (bicyclic) bond motifs is 1. The van der Waals surface area contributed by atoms with E-state index in [0.717, 1.165) is 18.9 Å². The number of halogens is 2. The lowest BCUT2D eigenvalue weighted by Gasteiger charge is -2.16. The first-order chi connectivity index (χ1) is 8.27. The van der Waals surface area contributed by atoms with Gasteiger partial charge in [0.15, 0.2) is 11.6 Å². The van der Waals surface area contributed by atoms with E-state index in [1.54, 1.807) is 12.1 Å². The first kappa shape index (κ1) is 10.7. The second-order valence-electron chi connectivity index (χ2n) is 3.87. The molecule has 0 radical (unpaired) electrons. The van der Waals surface area contributed by atoms with Gasteiger partial charge in [-0.15, -0.1) is 10.2 Å². The SMILES string of the molecule is Fc1c(Cl)cccc1-c1nnc2n1CCNC2. The molecule has 1 aliphatic heterocycles. The van der Waals surface area contributed by atoms with Crippen LogP contribution < -0.4 is 5.32 Å². The van der Waals surface area contributed by atoms with Gasteiger partial charge in [-0.2, -0.15) is 0 Å². The molecule has 6 heteroatoms. The standard InChI is InChI=1S/C11H10ClFN4/c12-8-3-1-2-7(10(8)13)11-16-15-9-6-14-4-5-17(9)11/h1-3,14H,4-6H2. The maximum Gasteiger partial charge on any atom is 0.167 e. The first-order valence-corrected chi connectivity index (χ1v) is 5.72. The van der Waals surface area contributed by atoms with Crippen LogP contribution in [0.3, 0.4) is 0 Å². The van der Waals surface area contributed by atoms with E-state index in [9.17, 15) is 4.39 Å². The molecule has 0 bridgehead atoms. The smallest absolute Gasteiger partial charge is 0.167 e. The molecule has 4 nitrogen and oxygen atoms in total. The molecule has 1 aliphatic rings. The zero-order chi connectivity index (χ0) is 11.8. The number of benzene rings is 1. The lowest BCUT2D eigenvalue weighted by atomic mass is 10.2. The summed E-state index contributed by atoms with van der Waals surface area (Å²) in [4.78, 5) is 0. The van der Waals surface area contributed by atoms with Crippen LogP contribution in [0.5, 0.6) is 0 Å². The predicted octanol–water partition coefficient (Wildman–Crippen LogP) is 1.84. The van der Waals surface area contributed by atoms with Crippen molar-refractivity contribution >= 4 is 11.6 Å². The summed E-state index contributed by atoms with van der Waals surface area (Å²) in [7, 11) is 0. The van der Waals surface area contributed by atoms with Crippen molar-refractivity contribution in [3.63, 3.8) is 0 Å². The van der Waals surface area contributed by atoms with E-state index in [1.807, 2.05) is 4.57 Å².